The van der Waals surface area contributed by atoms with Crippen molar-refractivity contribution in [2.24, 2.45) is 5.10 Å². The smallest absolute Gasteiger partial charge is 0.272 e. The number of carbonyl (C=O) groups excluding carboxylic acids is 1. The van der Waals surface area contributed by atoms with Crippen LogP contribution in [0.5, 0.6) is 0 Å². The Hall–Kier alpha value is -5.33. The van der Waals surface area contributed by atoms with E-state index in [1.165, 1.54) is 12.3 Å². The number of nitrogen functional groups attached to an aromatic ring is 1. The second kappa shape index (κ2) is 9.37. The molecule has 0 bridgehead atoms. The first-order valence-corrected chi connectivity index (χ1v) is 11.0. The molecule has 186 valence electrons. The molecule has 2 aromatic carbocycles. The normalized spacial score (nSPS) is 11.4. The highest BCUT2D eigenvalue weighted by Gasteiger charge is 2.20. The van der Waals surface area contributed by atoms with Gasteiger partial charge in [0.25, 0.3) is 11.6 Å². The molecular weight excluding hydrogens is 480 g/mol. The summed E-state index contributed by atoms with van der Waals surface area (Å²) >= 11 is 0. The van der Waals surface area contributed by atoms with Gasteiger partial charge in [-0.2, -0.15) is 5.10 Å². The quantitative estimate of drug-likeness (QED) is 0.192. The molecule has 1 amide bonds. The topological polar surface area (TPSA) is 180 Å². The molecule has 0 atom stereocenters. The second-order valence-electron chi connectivity index (χ2n) is 8.21. The standard InChI is InChI=1S/C24H20N8O5/c1-13-10-19(32(34)35)14(2)9-16(13)20-8-7-15(36-20)11-26-28-21(33)12-31-18-6-4-3-5-17(18)27-24(31)22-23(25)30-37-29-22/h3-11H,12H2,1-2H3,(H2,25,30)(H,28,33)/b26-11-. The van der Waals surface area contributed by atoms with Gasteiger partial charge in [-0.1, -0.05) is 12.1 Å². The number of hydrazone groups is 1. The molecule has 3 heterocycles. The van der Waals surface area contributed by atoms with Crippen molar-refractivity contribution >= 4 is 34.7 Å². The molecule has 5 aromatic rings. The molecule has 0 aliphatic rings. The predicted octanol–water partition coefficient (Wildman–Crippen LogP) is 3.60. The summed E-state index contributed by atoms with van der Waals surface area (Å²) in [6.07, 6.45) is 1.36. The Bertz CT molecular complexity index is 1680. The molecule has 0 spiro atoms. The van der Waals surface area contributed by atoms with Gasteiger partial charge in [0.2, 0.25) is 0 Å². The molecule has 13 nitrogen and oxygen atoms in total. The van der Waals surface area contributed by atoms with Crippen molar-refractivity contribution in [2.45, 2.75) is 20.4 Å². The van der Waals surface area contributed by atoms with Crippen LogP contribution in [0.15, 0.2) is 62.7 Å². The van der Waals surface area contributed by atoms with Crippen LogP contribution in [0.4, 0.5) is 11.5 Å². The van der Waals surface area contributed by atoms with Gasteiger partial charge in [-0.15, -0.1) is 0 Å². The third kappa shape index (κ3) is 4.52. The summed E-state index contributed by atoms with van der Waals surface area (Å²) in [5, 5.41) is 22.5. The Balaban J connectivity index is 1.32. The van der Waals surface area contributed by atoms with Crippen LogP contribution in [0, 0.1) is 24.0 Å². The number of rotatable bonds is 7. The second-order valence-corrected chi connectivity index (χ2v) is 8.21. The van der Waals surface area contributed by atoms with Crippen molar-refractivity contribution in [1.29, 1.82) is 0 Å². The third-order valence-corrected chi connectivity index (χ3v) is 5.69. The number of para-hydroxylation sites is 2. The highest BCUT2D eigenvalue weighted by atomic mass is 16.6. The van der Waals surface area contributed by atoms with E-state index in [0.29, 0.717) is 39.5 Å². The fraction of sp³-hybridized carbons (Fsp3) is 0.125. The van der Waals surface area contributed by atoms with Crippen LogP contribution in [-0.4, -0.2) is 36.9 Å². The number of nitrogens with two attached hydrogens (primary N) is 1. The van der Waals surface area contributed by atoms with E-state index in [4.69, 9.17) is 14.8 Å². The zero-order chi connectivity index (χ0) is 26.1. The monoisotopic (exact) mass is 500 g/mol. The van der Waals surface area contributed by atoms with E-state index >= 15 is 0 Å². The van der Waals surface area contributed by atoms with Gasteiger partial charge in [0.15, 0.2) is 17.3 Å². The summed E-state index contributed by atoms with van der Waals surface area (Å²) in [6, 6.07) is 13.9. The lowest BCUT2D eigenvalue weighted by atomic mass is 10.0. The molecule has 0 fully saturated rings. The molecule has 5 rings (SSSR count). The zero-order valence-electron chi connectivity index (χ0n) is 19.7. The van der Waals surface area contributed by atoms with Gasteiger partial charge in [-0.05, 0) is 60.1 Å². The Morgan fingerprint density at radius 1 is 1.19 bits per heavy atom. The van der Waals surface area contributed by atoms with E-state index < -0.39 is 10.8 Å². The maximum atomic E-state index is 12.7. The van der Waals surface area contributed by atoms with Crippen molar-refractivity contribution in [3.8, 4) is 22.8 Å². The highest BCUT2D eigenvalue weighted by Crippen LogP contribution is 2.31. The van der Waals surface area contributed by atoms with Crippen molar-refractivity contribution in [1.82, 2.24) is 25.3 Å². The molecule has 3 N–H and O–H groups in total. The number of fused-ring (bicyclic) bond motifs is 1. The maximum absolute atomic E-state index is 12.7. The molecule has 13 heteroatoms. The van der Waals surface area contributed by atoms with Gasteiger partial charge in [0.05, 0.1) is 22.2 Å². The fourth-order valence-electron chi connectivity index (χ4n) is 3.94. The lowest BCUT2D eigenvalue weighted by Gasteiger charge is -2.06. The summed E-state index contributed by atoms with van der Waals surface area (Å²) in [6.45, 7) is 3.32. The summed E-state index contributed by atoms with van der Waals surface area (Å²) in [7, 11) is 0. The number of nitro benzene ring substituents is 1. The first-order valence-electron chi connectivity index (χ1n) is 11.0. The summed E-state index contributed by atoms with van der Waals surface area (Å²) in [5.41, 5.74) is 11.9. The number of nitro groups is 1. The third-order valence-electron chi connectivity index (χ3n) is 5.69. The summed E-state index contributed by atoms with van der Waals surface area (Å²) < 4.78 is 12.1. The number of anilines is 1. The van der Waals surface area contributed by atoms with Crippen LogP contribution in [-0.2, 0) is 11.3 Å². The molecule has 37 heavy (non-hydrogen) atoms. The average Bonchev–Trinajstić information content (AvgIpc) is 3.59. The molecule has 0 aliphatic carbocycles. The van der Waals surface area contributed by atoms with E-state index in [9.17, 15) is 14.9 Å². The number of nitrogens with one attached hydrogen (secondary N) is 1. The summed E-state index contributed by atoms with van der Waals surface area (Å²) in [5.74, 6) is 0.882. The number of hydrogen-bond donors (Lipinski definition) is 2. The van der Waals surface area contributed by atoms with Gasteiger partial charge in [-0.25, -0.2) is 15.0 Å². The first-order chi connectivity index (χ1) is 17.8. The van der Waals surface area contributed by atoms with E-state index in [2.05, 4.69) is 25.8 Å². The lowest BCUT2D eigenvalue weighted by molar-refractivity contribution is -0.385. The van der Waals surface area contributed by atoms with Gasteiger partial charge in [0.1, 0.15) is 18.1 Å². The number of aryl methyl sites for hydroxylation is 2. The minimum atomic E-state index is -0.427. The van der Waals surface area contributed by atoms with Gasteiger partial charge in [0, 0.05) is 17.2 Å². The number of benzene rings is 2. The van der Waals surface area contributed by atoms with Crippen LogP contribution < -0.4 is 11.2 Å². The molecule has 0 unspecified atom stereocenters. The lowest BCUT2D eigenvalue weighted by Crippen LogP contribution is -2.23. The number of nitrogens with zero attached hydrogens (tertiary/aromatic N) is 6. The maximum Gasteiger partial charge on any atom is 0.272 e. The predicted molar refractivity (Wildman–Crippen MR) is 133 cm³/mol. The number of furan rings is 1. The fourth-order valence-corrected chi connectivity index (χ4v) is 3.94. The van der Waals surface area contributed by atoms with Crippen molar-refractivity contribution < 1.29 is 18.8 Å². The number of hydrogen-bond acceptors (Lipinski definition) is 10. The van der Waals surface area contributed by atoms with Crippen LogP contribution in [0.1, 0.15) is 16.9 Å². The molecule has 0 saturated carbocycles. The average molecular weight is 500 g/mol. The zero-order valence-corrected chi connectivity index (χ0v) is 19.7. The molecular formula is C24H20N8O5. The van der Waals surface area contributed by atoms with E-state index in [1.54, 1.807) is 42.7 Å². The van der Waals surface area contributed by atoms with E-state index in [0.717, 1.165) is 5.56 Å². The van der Waals surface area contributed by atoms with Gasteiger partial charge < -0.3 is 14.7 Å². The Kier molecular flexibility index (Phi) is 5.93. The van der Waals surface area contributed by atoms with Crippen molar-refractivity contribution in [3.63, 3.8) is 0 Å². The van der Waals surface area contributed by atoms with Crippen LogP contribution in [0.3, 0.4) is 0 Å². The minimum absolute atomic E-state index is 0.0497. The van der Waals surface area contributed by atoms with Gasteiger partial charge in [-0.3, -0.25) is 14.9 Å². The van der Waals surface area contributed by atoms with E-state index in [-0.39, 0.29) is 23.7 Å². The minimum Gasteiger partial charge on any atom is -0.455 e. The largest absolute Gasteiger partial charge is 0.455 e. The molecule has 3 aromatic heterocycles. The van der Waals surface area contributed by atoms with E-state index in [1.807, 2.05) is 18.2 Å². The van der Waals surface area contributed by atoms with Crippen molar-refractivity contribution in [3.05, 3.63) is 75.5 Å². The number of aromatic nitrogens is 4. The van der Waals surface area contributed by atoms with Crippen LogP contribution >= 0.6 is 0 Å². The van der Waals surface area contributed by atoms with Crippen molar-refractivity contribution in [2.75, 3.05) is 5.73 Å². The number of amides is 1. The van der Waals surface area contributed by atoms with Gasteiger partial charge >= 0.3 is 0 Å². The number of imidazole rings is 1. The Morgan fingerprint density at radius 3 is 2.76 bits per heavy atom. The van der Waals surface area contributed by atoms with Crippen LogP contribution in [0.2, 0.25) is 0 Å². The Morgan fingerprint density at radius 2 is 2.00 bits per heavy atom. The molecule has 0 radical (unpaired) electrons. The molecule has 0 aliphatic heterocycles. The summed E-state index contributed by atoms with van der Waals surface area (Å²) in [4.78, 5) is 28.0. The SMILES string of the molecule is Cc1cc([N+](=O)[O-])c(C)cc1-c1ccc(/C=N\NC(=O)Cn2c(-c3nonc3N)nc3ccccc32)o1. The Labute approximate surface area is 208 Å². The molecule has 0 saturated heterocycles. The number of carbonyl (C=O) groups is 1. The highest BCUT2D eigenvalue weighted by molar-refractivity contribution is 5.86. The van der Waals surface area contributed by atoms with Crippen LogP contribution in [0.25, 0.3) is 33.9 Å². The first kappa shape index (κ1) is 23.4.